The molecule has 23 heavy (non-hydrogen) atoms. The van der Waals surface area contributed by atoms with E-state index in [1.165, 1.54) is 0 Å². The second-order valence-electron chi connectivity index (χ2n) is 5.34. The lowest BCUT2D eigenvalue weighted by molar-refractivity contribution is 0.406. The van der Waals surface area contributed by atoms with Gasteiger partial charge in [0.15, 0.2) is 5.65 Å². The second-order valence-corrected chi connectivity index (χ2v) is 6.10. The van der Waals surface area contributed by atoms with Crippen molar-refractivity contribution in [3.63, 3.8) is 0 Å². The zero-order chi connectivity index (χ0) is 16.7. The molecule has 0 amide bonds. The van der Waals surface area contributed by atoms with Crippen molar-refractivity contribution in [1.82, 2.24) is 24.5 Å². The maximum absolute atomic E-state index is 5.74. The van der Waals surface area contributed by atoms with Gasteiger partial charge in [0.1, 0.15) is 15.9 Å². The van der Waals surface area contributed by atoms with Gasteiger partial charge in [-0.2, -0.15) is 4.98 Å². The Hall–Kier alpha value is -2.22. The highest BCUT2D eigenvalue weighted by Crippen LogP contribution is 2.28. The van der Waals surface area contributed by atoms with Gasteiger partial charge in [0.05, 0.1) is 25.7 Å². The van der Waals surface area contributed by atoms with Crippen LogP contribution < -0.4 is 10.5 Å². The Bertz CT molecular complexity index is 905. The Labute approximate surface area is 142 Å². The van der Waals surface area contributed by atoms with E-state index in [4.69, 9.17) is 15.5 Å². The van der Waals surface area contributed by atoms with Crippen molar-refractivity contribution in [2.45, 2.75) is 27.3 Å². The molecule has 0 fully saturated rings. The van der Waals surface area contributed by atoms with Gasteiger partial charge in [-0.1, -0.05) is 0 Å². The van der Waals surface area contributed by atoms with Crippen LogP contribution in [-0.2, 0) is 6.54 Å². The molecule has 7 nitrogen and oxygen atoms in total. The number of rotatable bonds is 3. The molecule has 0 unspecified atom stereocenters. The van der Waals surface area contributed by atoms with Gasteiger partial charge in [-0.3, -0.25) is 4.98 Å². The van der Waals surface area contributed by atoms with Crippen LogP contribution in [0.4, 0.5) is 5.95 Å². The number of halogens is 1. The van der Waals surface area contributed by atoms with Crippen molar-refractivity contribution in [3.8, 4) is 5.75 Å². The van der Waals surface area contributed by atoms with Crippen LogP contribution in [0.5, 0.6) is 5.75 Å². The number of anilines is 1. The highest BCUT2D eigenvalue weighted by atomic mass is 79.9. The molecule has 2 N–H and O–H groups in total. The molecule has 0 aliphatic rings. The predicted octanol–water partition coefficient (Wildman–Crippen LogP) is 2.55. The number of hydrogen-bond donors (Lipinski definition) is 1. The molecule has 0 saturated carbocycles. The van der Waals surface area contributed by atoms with Crippen molar-refractivity contribution < 1.29 is 4.74 Å². The van der Waals surface area contributed by atoms with Gasteiger partial charge in [-0.15, -0.1) is 0 Å². The molecule has 0 saturated heterocycles. The molecule has 3 rings (SSSR count). The Balaban J connectivity index is 2.12. The van der Waals surface area contributed by atoms with E-state index < -0.39 is 0 Å². The first-order valence-corrected chi connectivity index (χ1v) is 7.86. The topological polar surface area (TPSA) is 91.7 Å². The molecule has 0 aliphatic heterocycles. The van der Waals surface area contributed by atoms with Gasteiger partial charge >= 0.3 is 0 Å². The smallest absolute Gasteiger partial charge is 0.223 e. The number of nitrogens with zero attached hydrogens (tertiary/aromatic N) is 5. The molecule has 8 heteroatoms. The van der Waals surface area contributed by atoms with Crippen LogP contribution in [0.3, 0.4) is 0 Å². The molecule has 0 aliphatic carbocycles. The number of aromatic nitrogens is 5. The standard InChI is InChI=1S/C15H17BrN6O/c1-7-9(3)19-10(8(2)12(7)23-4)5-22-6-18-11-13(16)20-15(17)21-14(11)22/h6H,5H2,1-4H3,(H2,17,20,21). The van der Waals surface area contributed by atoms with Gasteiger partial charge in [0, 0.05) is 16.8 Å². The predicted molar refractivity (Wildman–Crippen MR) is 91.5 cm³/mol. The minimum Gasteiger partial charge on any atom is -0.496 e. The maximum atomic E-state index is 5.74. The molecule has 3 aromatic heterocycles. The fourth-order valence-electron chi connectivity index (χ4n) is 2.61. The van der Waals surface area contributed by atoms with E-state index in [-0.39, 0.29) is 5.95 Å². The third-order valence-corrected chi connectivity index (χ3v) is 4.48. The number of aryl methyl sites for hydroxylation is 1. The summed E-state index contributed by atoms with van der Waals surface area (Å²) in [7, 11) is 1.68. The number of ether oxygens (including phenoxy) is 1. The SMILES string of the molecule is COc1c(C)c(C)nc(Cn2cnc3c(Br)nc(N)nc32)c1C. The van der Waals surface area contributed by atoms with Crippen LogP contribution in [0.2, 0.25) is 0 Å². The highest BCUT2D eigenvalue weighted by molar-refractivity contribution is 9.10. The minimum absolute atomic E-state index is 0.202. The van der Waals surface area contributed by atoms with Crippen LogP contribution in [0.1, 0.15) is 22.5 Å². The van der Waals surface area contributed by atoms with E-state index in [2.05, 4.69) is 30.9 Å². The van der Waals surface area contributed by atoms with Crippen LogP contribution in [0.25, 0.3) is 11.2 Å². The fraction of sp³-hybridized carbons (Fsp3) is 0.333. The molecule has 0 atom stereocenters. The summed E-state index contributed by atoms with van der Waals surface area (Å²) >= 11 is 3.36. The highest BCUT2D eigenvalue weighted by Gasteiger charge is 2.16. The third kappa shape index (κ3) is 2.63. The zero-order valence-electron chi connectivity index (χ0n) is 13.4. The number of imidazole rings is 1. The van der Waals surface area contributed by atoms with Crippen molar-refractivity contribution in [2.24, 2.45) is 0 Å². The lowest BCUT2D eigenvalue weighted by Gasteiger charge is -2.15. The van der Waals surface area contributed by atoms with Gasteiger partial charge in [0.2, 0.25) is 5.95 Å². The first-order valence-electron chi connectivity index (χ1n) is 7.07. The van der Waals surface area contributed by atoms with Gasteiger partial charge in [0.25, 0.3) is 0 Å². The zero-order valence-corrected chi connectivity index (χ0v) is 15.0. The average Bonchev–Trinajstić information content (AvgIpc) is 2.89. The quantitative estimate of drug-likeness (QED) is 0.706. The molecule has 0 spiro atoms. The van der Waals surface area contributed by atoms with E-state index in [1.54, 1.807) is 13.4 Å². The largest absolute Gasteiger partial charge is 0.496 e. The number of hydrogen-bond acceptors (Lipinski definition) is 6. The van der Waals surface area contributed by atoms with E-state index >= 15 is 0 Å². The Morgan fingerprint density at radius 2 is 1.91 bits per heavy atom. The van der Waals surface area contributed by atoms with E-state index in [9.17, 15) is 0 Å². The minimum atomic E-state index is 0.202. The number of nitrogen functional groups attached to an aromatic ring is 1. The summed E-state index contributed by atoms with van der Waals surface area (Å²) in [6, 6.07) is 0. The molecular weight excluding hydrogens is 360 g/mol. The molecule has 0 aromatic carbocycles. The Kier molecular flexibility index (Phi) is 3.93. The second kappa shape index (κ2) is 5.77. The Morgan fingerprint density at radius 1 is 1.17 bits per heavy atom. The van der Waals surface area contributed by atoms with Gasteiger partial charge in [-0.25, -0.2) is 9.97 Å². The summed E-state index contributed by atoms with van der Waals surface area (Å²) in [5.74, 6) is 1.07. The number of pyridine rings is 1. The summed E-state index contributed by atoms with van der Waals surface area (Å²) < 4.78 is 8.01. The van der Waals surface area contributed by atoms with Crippen molar-refractivity contribution in [1.29, 1.82) is 0 Å². The Morgan fingerprint density at radius 3 is 2.61 bits per heavy atom. The van der Waals surface area contributed by atoms with E-state index in [1.807, 2.05) is 25.3 Å². The van der Waals surface area contributed by atoms with Crippen LogP contribution in [0.15, 0.2) is 10.9 Å². The molecule has 0 bridgehead atoms. The maximum Gasteiger partial charge on any atom is 0.223 e. The van der Waals surface area contributed by atoms with Gasteiger partial charge in [-0.05, 0) is 36.7 Å². The van der Waals surface area contributed by atoms with E-state index in [0.29, 0.717) is 22.3 Å². The number of nitrogens with two attached hydrogens (primary N) is 1. The monoisotopic (exact) mass is 376 g/mol. The molecule has 120 valence electrons. The molecule has 3 heterocycles. The molecule has 3 aromatic rings. The lowest BCUT2D eigenvalue weighted by atomic mass is 10.1. The first-order chi connectivity index (χ1) is 10.9. The van der Waals surface area contributed by atoms with Crippen LogP contribution >= 0.6 is 15.9 Å². The van der Waals surface area contributed by atoms with Crippen LogP contribution in [-0.4, -0.2) is 31.6 Å². The summed E-state index contributed by atoms with van der Waals surface area (Å²) in [5.41, 5.74) is 11.0. The summed E-state index contributed by atoms with van der Waals surface area (Å²) in [5, 5.41) is 0. The summed E-state index contributed by atoms with van der Waals surface area (Å²) in [6.07, 6.45) is 1.71. The van der Waals surface area contributed by atoms with Crippen molar-refractivity contribution >= 4 is 33.0 Å². The average molecular weight is 377 g/mol. The molecular formula is C15H17BrN6O. The van der Waals surface area contributed by atoms with Crippen molar-refractivity contribution in [3.05, 3.63) is 33.4 Å². The fourth-order valence-corrected chi connectivity index (χ4v) is 3.07. The number of fused-ring (bicyclic) bond motifs is 1. The normalized spacial score (nSPS) is 11.2. The summed E-state index contributed by atoms with van der Waals surface area (Å²) in [6.45, 7) is 6.52. The van der Waals surface area contributed by atoms with E-state index in [0.717, 1.165) is 28.3 Å². The number of methoxy groups -OCH3 is 1. The molecule has 0 radical (unpaired) electrons. The third-order valence-electron chi connectivity index (χ3n) is 3.92. The van der Waals surface area contributed by atoms with Crippen LogP contribution in [0, 0.1) is 20.8 Å². The summed E-state index contributed by atoms with van der Waals surface area (Å²) in [4.78, 5) is 17.4. The van der Waals surface area contributed by atoms with Gasteiger partial charge < -0.3 is 15.0 Å². The lowest BCUT2D eigenvalue weighted by Crippen LogP contribution is -2.08. The first kappa shape index (κ1) is 15.7. The van der Waals surface area contributed by atoms with Crippen molar-refractivity contribution in [2.75, 3.05) is 12.8 Å².